The second kappa shape index (κ2) is 3.68. The van der Waals surface area contributed by atoms with Crippen molar-refractivity contribution >= 4 is 11.7 Å². The predicted octanol–water partition coefficient (Wildman–Crippen LogP) is 1.97. The number of hydrogen-bond acceptors (Lipinski definition) is 4. The average molecular weight is 207 g/mol. The van der Waals surface area contributed by atoms with Gasteiger partial charge in [-0.2, -0.15) is 0 Å². The lowest BCUT2D eigenvalue weighted by atomic mass is 10.1. The van der Waals surface area contributed by atoms with Crippen molar-refractivity contribution in [2.24, 2.45) is 0 Å². The molecule has 5 heteroatoms. The molecule has 1 saturated heterocycles. The highest BCUT2D eigenvalue weighted by Crippen LogP contribution is 2.30. The maximum atomic E-state index is 10.9. The van der Waals surface area contributed by atoms with Gasteiger partial charge in [0.25, 0.3) is 5.69 Å². The van der Waals surface area contributed by atoms with Gasteiger partial charge in [0.15, 0.2) is 0 Å². The molecule has 78 valence electrons. The molecule has 0 bridgehead atoms. The first kappa shape index (κ1) is 9.64. The Labute approximate surface area is 85.8 Å². The van der Waals surface area contributed by atoms with Crippen LogP contribution in [0.3, 0.4) is 0 Å². The third kappa shape index (κ3) is 1.96. The summed E-state index contributed by atoms with van der Waals surface area (Å²) < 4.78 is 5.04. The van der Waals surface area contributed by atoms with Crippen LogP contribution in [0.2, 0.25) is 0 Å². The van der Waals surface area contributed by atoms with Crippen LogP contribution in [-0.4, -0.2) is 10.9 Å². The van der Waals surface area contributed by atoms with Crippen LogP contribution in [0.15, 0.2) is 24.3 Å². The molecule has 1 unspecified atom stereocenters. The number of non-ortho nitro benzene ring substituents is 1. The summed E-state index contributed by atoms with van der Waals surface area (Å²) in [5.74, 6) is -0.210. The summed E-state index contributed by atoms with van der Waals surface area (Å²) in [4.78, 5) is 20.8. The summed E-state index contributed by atoms with van der Waals surface area (Å²) in [6.07, 6.45) is 0.830. The summed E-state index contributed by atoms with van der Waals surface area (Å²) in [5, 5.41) is 10.4. The van der Waals surface area contributed by atoms with E-state index in [2.05, 4.69) is 0 Å². The normalized spacial score (nSPS) is 20.0. The van der Waals surface area contributed by atoms with Gasteiger partial charge in [-0.25, -0.2) is 0 Å². The van der Waals surface area contributed by atoms with Crippen molar-refractivity contribution in [2.75, 3.05) is 0 Å². The zero-order valence-corrected chi connectivity index (χ0v) is 7.88. The fraction of sp³-hybridized carbons (Fsp3) is 0.300. The number of cyclic esters (lactones) is 1. The second-order valence-corrected chi connectivity index (χ2v) is 3.37. The van der Waals surface area contributed by atoms with Crippen molar-refractivity contribution in [1.29, 1.82) is 0 Å². The maximum Gasteiger partial charge on any atom is 0.306 e. The number of carbonyl (C=O) groups is 1. The lowest BCUT2D eigenvalue weighted by Crippen LogP contribution is -1.98. The minimum Gasteiger partial charge on any atom is -0.457 e. The van der Waals surface area contributed by atoms with Crippen molar-refractivity contribution in [3.8, 4) is 0 Å². The Kier molecular flexibility index (Phi) is 2.37. The Morgan fingerprint density at radius 2 is 2.00 bits per heavy atom. The summed E-state index contributed by atoms with van der Waals surface area (Å²) >= 11 is 0. The lowest BCUT2D eigenvalue weighted by Gasteiger charge is -2.08. The molecule has 0 aromatic heterocycles. The number of benzene rings is 1. The average Bonchev–Trinajstić information content (AvgIpc) is 2.65. The molecule has 0 spiro atoms. The third-order valence-corrected chi connectivity index (χ3v) is 2.36. The van der Waals surface area contributed by atoms with Gasteiger partial charge in [-0.05, 0) is 24.1 Å². The molecular weight excluding hydrogens is 198 g/mol. The van der Waals surface area contributed by atoms with E-state index < -0.39 is 4.92 Å². The van der Waals surface area contributed by atoms with E-state index in [1.165, 1.54) is 12.1 Å². The molecule has 1 aromatic carbocycles. The number of esters is 1. The van der Waals surface area contributed by atoms with E-state index in [9.17, 15) is 14.9 Å². The van der Waals surface area contributed by atoms with Gasteiger partial charge in [0.1, 0.15) is 6.10 Å². The van der Waals surface area contributed by atoms with Crippen LogP contribution in [0.5, 0.6) is 0 Å². The molecule has 0 saturated carbocycles. The molecule has 1 atom stereocenters. The van der Waals surface area contributed by atoms with E-state index in [0.717, 1.165) is 5.56 Å². The zero-order chi connectivity index (χ0) is 10.8. The molecule has 15 heavy (non-hydrogen) atoms. The van der Waals surface area contributed by atoms with E-state index in [4.69, 9.17) is 4.74 Å². The molecule has 0 aliphatic carbocycles. The summed E-state index contributed by atoms with van der Waals surface area (Å²) in [5.41, 5.74) is 0.856. The van der Waals surface area contributed by atoms with Gasteiger partial charge in [0.05, 0.1) is 4.92 Å². The van der Waals surface area contributed by atoms with Gasteiger partial charge < -0.3 is 4.74 Å². The predicted molar refractivity (Wildman–Crippen MR) is 51.2 cm³/mol. The van der Waals surface area contributed by atoms with Gasteiger partial charge in [-0.3, -0.25) is 14.9 Å². The number of rotatable bonds is 2. The van der Waals surface area contributed by atoms with Crippen molar-refractivity contribution < 1.29 is 14.5 Å². The van der Waals surface area contributed by atoms with Gasteiger partial charge in [-0.1, -0.05) is 0 Å². The van der Waals surface area contributed by atoms with E-state index in [0.29, 0.717) is 12.8 Å². The van der Waals surface area contributed by atoms with Crippen molar-refractivity contribution in [3.63, 3.8) is 0 Å². The molecule has 5 nitrogen and oxygen atoms in total. The molecule has 1 aromatic rings. The molecule has 2 rings (SSSR count). The standard InChI is InChI=1S/C10H9NO4/c12-10-6-5-9(15-10)7-1-3-8(4-2-7)11(13)14/h1-4,9H,5-6H2. The summed E-state index contributed by atoms with van der Waals surface area (Å²) in [6.45, 7) is 0. The Morgan fingerprint density at radius 1 is 1.33 bits per heavy atom. The highest BCUT2D eigenvalue weighted by molar-refractivity contribution is 5.71. The highest BCUT2D eigenvalue weighted by atomic mass is 16.6. The van der Waals surface area contributed by atoms with Crippen molar-refractivity contribution in [1.82, 2.24) is 0 Å². The minimum atomic E-state index is -0.454. The number of ether oxygens (including phenoxy) is 1. The van der Waals surface area contributed by atoms with Crippen molar-refractivity contribution in [2.45, 2.75) is 18.9 Å². The van der Waals surface area contributed by atoms with Crippen LogP contribution in [0, 0.1) is 10.1 Å². The fourth-order valence-corrected chi connectivity index (χ4v) is 1.57. The minimum absolute atomic E-state index is 0.0445. The molecule has 0 N–H and O–H groups in total. The maximum absolute atomic E-state index is 10.9. The number of nitrogens with zero attached hydrogens (tertiary/aromatic N) is 1. The second-order valence-electron chi connectivity index (χ2n) is 3.37. The van der Waals surface area contributed by atoms with Crippen LogP contribution in [0.4, 0.5) is 5.69 Å². The van der Waals surface area contributed by atoms with Gasteiger partial charge in [0, 0.05) is 18.6 Å². The quantitative estimate of drug-likeness (QED) is 0.422. The molecule has 1 aliphatic rings. The molecular formula is C10H9NO4. The molecule has 1 heterocycles. The van der Waals surface area contributed by atoms with Crippen LogP contribution >= 0.6 is 0 Å². The van der Waals surface area contributed by atoms with Crippen LogP contribution in [-0.2, 0) is 9.53 Å². The largest absolute Gasteiger partial charge is 0.457 e. The first-order valence-corrected chi connectivity index (χ1v) is 4.60. The molecule has 1 fully saturated rings. The zero-order valence-electron chi connectivity index (χ0n) is 7.88. The third-order valence-electron chi connectivity index (χ3n) is 2.36. The topological polar surface area (TPSA) is 69.4 Å². The first-order valence-electron chi connectivity index (χ1n) is 4.60. The van der Waals surface area contributed by atoms with Crippen molar-refractivity contribution in [3.05, 3.63) is 39.9 Å². The van der Waals surface area contributed by atoms with E-state index in [-0.39, 0.29) is 17.8 Å². The number of hydrogen-bond donors (Lipinski definition) is 0. The van der Waals surface area contributed by atoms with E-state index in [1.54, 1.807) is 12.1 Å². The Bertz CT molecular complexity index is 398. The fourth-order valence-electron chi connectivity index (χ4n) is 1.57. The van der Waals surface area contributed by atoms with E-state index in [1.807, 2.05) is 0 Å². The highest BCUT2D eigenvalue weighted by Gasteiger charge is 2.24. The monoisotopic (exact) mass is 207 g/mol. The van der Waals surface area contributed by atoms with Crippen LogP contribution in [0.1, 0.15) is 24.5 Å². The van der Waals surface area contributed by atoms with E-state index >= 15 is 0 Å². The number of nitro groups is 1. The van der Waals surface area contributed by atoms with Gasteiger partial charge >= 0.3 is 5.97 Å². The summed E-state index contributed by atoms with van der Waals surface area (Å²) in [7, 11) is 0. The molecule has 0 amide bonds. The molecule has 1 aliphatic heterocycles. The summed E-state index contributed by atoms with van der Waals surface area (Å²) in [6, 6.07) is 6.09. The van der Waals surface area contributed by atoms with Crippen LogP contribution < -0.4 is 0 Å². The molecule has 0 radical (unpaired) electrons. The Morgan fingerprint density at radius 3 is 2.47 bits per heavy atom. The SMILES string of the molecule is O=C1CCC(c2ccc([N+](=O)[O-])cc2)O1. The Balaban J connectivity index is 2.17. The number of carbonyl (C=O) groups excluding carboxylic acids is 1. The van der Waals surface area contributed by atoms with Gasteiger partial charge in [-0.15, -0.1) is 0 Å². The van der Waals surface area contributed by atoms with Gasteiger partial charge in [0.2, 0.25) is 0 Å². The Hall–Kier alpha value is -1.91. The van der Waals surface area contributed by atoms with Crippen LogP contribution in [0.25, 0.3) is 0 Å². The lowest BCUT2D eigenvalue weighted by molar-refractivity contribution is -0.384. The first-order chi connectivity index (χ1) is 7.16. The number of nitro benzene ring substituents is 1. The smallest absolute Gasteiger partial charge is 0.306 e.